The van der Waals surface area contributed by atoms with Crippen LogP contribution in [0.1, 0.15) is 52.7 Å². The Morgan fingerprint density at radius 2 is 1.41 bits per heavy atom. The van der Waals surface area contributed by atoms with Gasteiger partial charge in [0.1, 0.15) is 5.76 Å². The molecule has 4 nitrogen and oxygen atoms in total. The number of hydrogen-bond donors (Lipinski definition) is 1. The monoisotopic (exact) mass is 389 g/mol. The topological polar surface area (TPSA) is 50.9 Å². The molecule has 0 saturated carbocycles. The molecule has 0 aromatic heterocycles. The molecule has 5 heteroatoms. The average molecular weight is 389 g/mol. The summed E-state index contributed by atoms with van der Waals surface area (Å²) in [5.41, 5.74) is 9.38. The minimum atomic E-state index is -0.538. The molecule has 152 valence electrons. The van der Waals surface area contributed by atoms with Gasteiger partial charge in [0.05, 0.1) is 11.6 Å². The summed E-state index contributed by atoms with van der Waals surface area (Å²) in [6.45, 7) is 12.8. The van der Waals surface area contributed by atoms with Crippen LogP contribution >= 0.6 is 0 Å². The van der Waals surface area contributed by atoms with Gasteiger partial charge in [0.15, 0.2) is 0 Å². The van der Waals surface area contributed by atoms with Crippen molar-refractivity contribution in [2.75, 3.05) is 0 Å². The molecule has 0 unspecified atom stereocenters. The molecular weight excluding hydrogens is 357 g/mol. The minimum absolute atomic E-state index is 0.153. The Bertz CT molecular complexity index is 838. The Morgan fingerprint density at radius 1 is 0.931 bits per heavy atom. The fourth-order valence-corrected chi connectivity index (χ4v) is 3.64. The lowest BCUT2D eigenvalue weighted by atomic mass is 9.89. The molecule has 1 aliphatic heterocycles. The van der Waals surface area contributed by atoms with Crippen molar-refractivity contribution < 1.29 is 4.65 Å². The molecule has 1 heterocycles. The second kappa shape index (κ2) is 8.17. The first-order valence-corrected chi connectivity index (χ1v) is 10.2. The molecule has 0 aliphatic carbocycles. The summed E-state index contributed by atoms with van der Waals surface area (Å²) in [7, 11) is -0.538. The van der Waals surface area contributed by atoms with Crippen molar-refractivity contribution in [2.24, 2.45) is 10.6 Å². The fourth-order valence-electron chi connectivity index (χ4n) is 3.64. The zero-order chi connectivity index (χ0) is 21.2. The summed E-state index contributed by atoms with van der Waals surface area (Å²) >= 11 is 0. The first-order chi connectivity index (χ1) is 13.6. The zero-order valence-electron chi connectivity index (χ0n) is 18.4. The number of aliphatic imine (C=N–C) groups is 1. The molecule has 3 rings (SSSR count). The van der Waals surface area contributed by atoms with Gasteiger partial charge in [-0.05, 0) is 52.7 Å². The summed E-state index contributed by atoms with van der Waals surface area (Å²) < 4.78 is 6.34. The molecular formula is C24H32BN3O. The van der Waals surface area contributed by atoms with Gasteiger partial charge in [-0.2, -0.15) is 0 Å². The number of rotatable bonds is 3. The van der Waals surface area contributed by atoms with Gasteiger partial charge >= 0.3 is 7.19 Å². The van der Waals surface area contributed by atoms with Crippen LogP contribution in [0.3, 0.4) is 0 Å². The maximum Gasteiger partial charge on any atom is 0.543 e. The summed E-state index contributed by atoms with van der Waals surface area (Å²) in [5, 5.41) is 0. The summed E-state index contributed by atoms with van der Waals surface area (Å²) in [4.78, 5) is 7.00. The van der Waals surface area contributed by atoms with Gasteiger partial charge in [-0.25, -0.2) is 0 Å². The second-order valence-electron chi connectivity index (χ2n) is 9.45. The van der Waals surface area contributed by atoms with E-state index in [9.17, 15) is 0 Å². The van der Waals surface area contributed by atoms with E-state index in [0.717, 1.165) is 22.5 Å². The summed E-state index contributed by atoms with van der Waals surface area (Å²) in [6.07, 6.45) is 2.00. The predicted molar refractivity (Wildman–Crippen MR) is 124 cm³/mol. The van der Waals surface area contributed by atoms with Gasteiger partial charge in [-0.1, -0.05) is 60.7 Å². The van der Waals surface area contributed by atoms with Crippen molar-refractivity contribution in [3.63, 3.8) is 0 Å². The molecule has 1 aliphatic rings. The van der Waals surface area contributed by atoms with Crippen molar-refractivity contribution in [2.45, 2.75) is 58.7 Å². The van der Waals surface area contributed by atoms with E-state index in [1.165, 1.54) is 0 Å². The SMILES string of the molecule is CC(C)(C)N=C[C@@H]1C(=C(c2ccccc2)c2ccccc2)OB(N)N1C(C)(C)C. The molecule has 2 aromatic rings. The van der Waals surface area contributed by atoms with Crippen LogP contribution in [0.5, 0.6) is 0 Å². The van der Waals surface area contributed by atoms with E-state index in [4.69, 9.17) is 15.3 Å². The van der Waals surface area contributed by atoms with Gasteiger partial charge in [0.25, 0.3) is 0 Å². The molecule has 1 atom stereocenters. The molecule has 2 N–H and O–H groups in total. The molecule has 0 radical (unpaired) electrons. The van der Waals surface area contributed by atoms with E-state index in [-0.39, 0.29) is 17.1 Å². The molecule has 1 fully saturated rings. The lowest BCUT2D eigenvalue weighted by molar-refractivity contribution is 0.250. The largest absolute Gasteiger partial charge is 0.543 e. The smallest absolute Gasteiger partial charge is 0.534 e. The number of benzene rings is 2. The molecule has 29 heavy (non-hydrogen) atoms. The van der Waals surface area contributed by atoms with Crippen molar-refractivity contribution in [1.29, 1.82) is 0 Å². The Morgan fingerprint density at radius 3 is 1.83 bits per heavy atom. The third-order valence-electron chi connectivity index (χ3n) is 4.84. The standard InChI is InChI=1S/C24H32BN3O/c1-23(2,3)27-17-20-22(29-25(26)28(20)24(4,5)6)21(18-13-9-7-10-14-18)19-15-11-8-12-16-19/h7-17,20H,26H2,1-6H3/t20-/m1/s1. The second-order valence-corrected chi connectivity index (χ2v) is 9.45. The fraction of sp³-hybridized carbons (Fsp3) is 0.375. The quantitative estimate of drug-likeness (QED) is 0.608. The van der Waals surface area contributed by atoms with E-state index < -0.39 is 7.19 Å². The number of nitrogens with zero attached hydrogens (tertiary/aromatic N) is 2. The number of nitrogens with two attached hydrogens (primary N) is 1. The maximum atomic E-state index is 6.49. The van der Waals surface area contributed by atoms with Crippen molar-refractivity contribution in [1.82, 2.24) is 4.81 Å². The van der Waals surface area contributed by atoms with Gasteiger partial charge in [-0.15, -0.1) is 0 Å². The molecule has 1 saturated heterocycles. The number of hydrogen-bond acceptors (Lipinski definition) is 4. The van der Waals surface area contributed by atoms with Crippen LogP contribution in [0, 0.1) is 0 Å². The van der Waals surface area contributed by atoms with Crippen LogP contribution in [0.4, 0.5) is 0 Å². The highest BCUT2D eigenvalue weighted by Crippen LogP contribution is 2.37. The highest BCUT2D eigenvalue weighted by atomic mass is 16.5. The van der Waals surface area contributed by atoms with E-state index in [1.807, 2.05) is 42.6 Å². The van der Waals surface area contributed by atoms with Gasteiger partial charge in [0.2, 0.25) is 0 Å². The molecule has 0 amide bonds. The highest BCUT2D eigenvalue weighted by Gasteiger charge is 2.47. The normalized spacial score (nSPS) is 18.4. The van der Waals surface area contributed by atoms with Crippen LogP contribution in [-0.2, 0) is 4.65 Å². The third kappa shape index (κ3) is 4.98. The van der Waals surface area contributed by atoms with Crippen molar-refractivity contribution >= 4 is 19.0 Å². The van der Waals surface area contributed by atoms with E-state index in [2.05, 4.69) is 70.6 Å². The maximum absolute atomic E-state index is 6.49. The van der Waals surface area contributed by atoms with Crippen LogP contribution < -0.4 is 5.64 Å². The summed E-state index contributed by atoms with van der Waals surface area (Å²) in [5.74, 6) is 0.845. The highest BCUT2D eigenvalue weighted by molar-refractivity contribution is 6.47. The first-order valence-electron chi connectivity index (χ1n) is 10.2. The van der Waals surface area contributed by atoms with E-state index in [1.54, 1.807) is 0 Å². The minimum Gasteiger partial charge on any atom is -0.534 e. The lowest BCUT2D eigenvalue weighted by Gasteiger charge is -2.35. The van der Waals surface area contributed by atoms with Gasteiger partial charge < -0.3 is 10.3 Å². The summed E-state index contributed by atoms with van der Waals surface area (Å²) in [6, 6.07) is 20.5. The van der Waals surface area contributed by atoms with Crippen LogP contribution in [-0.4, -0.2) is 35.3 Å². The van der Waals surface area contributed by atoms with Crippen LogP contribution in [0.15, 0.2) is 71.4 Å². The van der Waals surface area contributed by atoms with Gasteiger partial charge in [-0.3, -0.25) is 9.80 Å². The average Bonchev–Trinajstić information content (AvgIpc) is 2.98. The Labute approximate surface area is 175 Å². The van der Waals surface area contributed by atoms with Crippen LogP contribution in [0.25, 0.3) is 5.57 Å². The third-order valence-corrected chi connectivity index (χ3v) is 4.84. The van der Waals surface area contributed by atoms with E-state index in [0.29, 0.717) is 0 Å². The Kier molecular flexibility index (Phi) is 6.01. The van der Waals surface area contributed by atoms with Gasteiger partial charge in [0, 0.05) is 17.3 Å². The van der Waals surface area contributed by atoms with Crippen molar-refractivity contribution in [3.05, 3.63) is 77.5 Å². The van der Waals surface area contributed by atoms with Crippen LogP contribution in [0.2, 0.25) is 0 Å². The molecule has 0 spiro atoms. The zero-order valence-corrected chi connectivity index (χ0v) is 18.4. The molecule has 2 aromatic carbocycles. The first kappa shape index (κ1) is 21.3. The predicted octanol–water partition coefficient (Wildman–Crippen LogP) is 4.76. The van der Waals surface area contributed by atoms with Crippen molar-refractivity contribution in [3.8, 4) is 0 Å². The molecule has 0 bridgehead atoms. The van der Waals surface area contributed by atoms with E-state index >= 15 is 0 Å². The Balaban J connectivity index is 2.25. The Hall–Kier alpha value is -2.37. The lowest BCUT2D eigenvalue weighted by Crippen LogP contribution is -2.56.